The molecule has 0 aliphatic heterocycles. The summed E-state index contributed by atoms with van der Waals surface area (Å²) >= 11 is 1.49. The van der Waals surface area contributed by atoms with Gasteiger partial charge in [0.15, 0.2) is 0 Å². The maximum absolute atomic E-state index is 11.6. The van der Waals surface area contributed by atoms with E-state index in [0.29, 0.717) is 6.54 Å². The smallest absolute Gasteiger partial charge is 0.242 e. The molecule has 0 saturated heterocycles. The van der Waals surface area contributed by atoms with Crippen molar-refractivity contribution in [1.29, 1.82) is 0 Å². The summed E-state index contributed by atoms with van der Waals surface area (Å²) in [6, 6.07) is 3.21. The Bertz CT molecular complexity index is 354. The Morgan fingerprint density at radius 2 is 2.44 bits per heavy atom. The number of thiophene rings is 1. The van der Waals surface area contributed by atoms with Gasteiger partial charge in [-0.2, -0.15) is 0 Å². The normalized spacial score (nSPS) is 11.8. The van der Waals surface area contributed by atoms with Crippen molar-refractivity contribution in [2.24, 2.45) is 5.73 Å². The average Bonchev–Trinajstić information content (AvgIpc) is 2.81. The number of carbonyl (C=O) groups excluding carboxylic acids is 1. The van der Waals surface area contributed by atoms with Gasteiger partial charge in [0.05, 0.1) is 0 Å². The van der Waals surface area contributed by atoms with Crippen molar-refractivity contribution in [3.05, 3.63) is 22.4 Å². The third kappa shape index (κ3) is 4.05. The zero-order valence-electron chi connectivity index (χ0n) is 9.11. The van der Waals surface area contributed by atoms with Crippen molar-refractivity contribution in [1.82, 2.24) is 5.32 Å². The van der Waals surface area contributed by atoms with Crippen LogP contribution in [0.15, 0.2) is 17.5 Å². The second kappa shape index (κ2) is 7.04. The Balaban J connectivity index is 2.23. The maximum atomic E-state index is 11.6. The van der Waals surface area contributed by atoms with Gasteiger partial charge in [-0.25, -0.2) is 0 Å². The maximum Gasteiger partial charge on any atom is 0.242 e. The predicted octanol–water partition coefficient (Wildman–Crippen LogP) is 1.67. The molecule has 1 amide bonds. The molecule has 1 aromatic rings. The topological polar surface area (TPSA) is 55.1 Å². The van der Waals surface area contributed by atoms with Crippen LogP contribution in [-0.2, 0) is 4.79 Å². The van der Waals surface area contributed by atoms with Crippen molar-refractivity contribution in [3.8, 4) is 12.3 Å². The lowest BCUT2D eigenvalue weighted by atomic mass is 10.2. The third-order valence-electron chi connectivity index (χ3n) is 2.18. The highest BCUT2D eigenvalue weighted by Crippen LogP contribution is 2.16. The van der Waals surface area contributed by atoms with Crippen LogP contribution in [0.4, 0.5) is 0 Å². The van der Waals surface area contributed by atoms with Crippen LogP contribution in [0, 0.1) is 12.3 Å². The van der Waals surface area contributed by atoms with Crippen LogP contribution in [0.3, 0.4) is 0 Å². The molecule has 0 saturated carbocycles. The summed E-state index contributed by atoms with van der Waals surface area (Å²) in [5.41, 5.74) is 5.79. The van der Waals surface area contributed by atoms with Gasteiger partial charge in [-0.1, -0.05) is 6.07 Å². The van der Waals surface area contributed by atoms with Gasteiger partial charge in [0.2, 0.25) is 5.91 Å². The number of hydrogen-bond acceptors (Lipinski definition) is 3. The lowest BCUT2D eigenvalue weighted by Crippen LogP contribution is -2.34. The van der Waals surface area contributed by atoms with Gasteiger partial charge in [-0.15, -0.1) is 23.7 Å². The largest absolute Gasteiger partial charge is 0.354 e. The first-order valence-electron chi connectivity index (χ1n) is 5.26. The minimum absolute atomic E-state index is 0.122. The lowest BCUT2D eigenvalue weighted by Gasteiger charge is -2.10. The summed E-state index contributed by atoms with van der Waals surface area (Å²) in [7, 11) is 0. The molecule has 0 bridgehead atoms. The zero-order chi connectivity index (χ0) is 11.8. The van der Waals surface area contributed by atoms with E-state index < -0.39 is 6.04 Å². The van der Waals surface area contributed by atoms with Crippen molar-refractivity contribution in [2.75, 3.05) is 6.54 Å². The molecule has 1 atom stereocenters. The first kappa shape index (κ1) is 12.8. The third-order valence-corrected chi connectivity index (χ3v) is 3.13. The highest BCUT2D eigenvalue weighted by atomic mass is 32.1. The molecule has 1 aromatic heterocycles. The van der Waals surface area contributed by atoms with Crippen molar-refractivity contribution >= 4 is 17.2 Å². The number of nitrogens with two attached hydrogens (primary N) is 1. The molecule has 0 aliphatic rings. The van der Waals surface area contributed by atoms with E-state index >= 15 is 0 Å². The predicted molar refractivity (Wildman–Crippen MR) is 66.9 cm³/mol. The summed E-state index contributed by atoms with van der Waals surface area (Å²) in [6.45, 7) is 0.638. The van der Waals surface area contributed by atoms with Gasteiger partial charge in [0, 0.05) is 17.8 Å². The first-order chi connectivity index (χ1) is 7.75. The fourth-order valence-electron chi connectivity index (χ4n) is 1.27. The molecule has 0 aliphatic carbocycles. The molecule has 3 N–H and O–H groups in total. The molecule has 0 radical (unpaired) electrons. The monoisotopic (exact) mass is 236 g/mol. The number of amides is 1. The van der Waals surface area contributed by atoms with E-state index in [1.165, 1.54) is 11.3 Å². The van der Waals surface area contributed by atoms with Gasteiger partial charge >= 0.3 is 0 Å². The van der Waals surface area contributed by atoms with Crippen LogP contribution in [-0.4, -0.2) is 12.5 Å². The molecule has 3 nitrogen and oxygen atoms in total. The van der Waals surface area contributed by atoms with Crippen molar-refractivity contribution in [2.45, 2.75) is 25.3 Å². The van der Waals surface area contributed by atoms with Crippen LogP contribution in [0.2, 0.25) is 0 Å². The Morgan fingerprint density at radius 3 is 3.06 bits per heavy atom. The quantitative estimate of drug-likeness (QED) is 0.583. The van der Waals surface area contributed by atoms with Gasteiger partial charge in [0.25, 0.3) is 0 Å². The summed E-state index contributed by atoms with van der Waals surface area (Å²) in [4.78, 5) is 12.5. The fourth-order valence-corrected chi connectivity index (χ4v) is 2.00. The molecule has 0 aromatic carbocycles. The Hall–Kier alpha value is -1.31. The Labute approximate surface area is 100 Å². The molecule has 1 heterocycles. The SMILES string of the molecule is C#CCCCCNC(=O)C(N)c1cccs1. The van der Waals surface area contributed by atoms with Crippen molar-refractivity contribution < 1.29 is 4.79 Å². The number of hydrogen-bond donors (Lipinski definition) is 2. The van der Waals surface area contributed by atoms with Crippen LogP contribution >= 0.6 is 11.3 Å². The van der Waals surface area contributed by atoms with E-state index in [9.17, 15) is 4.79 Å². The summed E-state index contributed by atoms with van der Waals surface area (Å²) in [6.07, 6.45) is 7.72. The number of terminal acetylenes is 1. The molecule has 0 spiro atoms. The van der Waals surface area contributed by atoms with Gasteiger partial charge in [-0.05, 0) is 24.3 Å². The molecule has 1 unspecified atom stereocenters. The van der Waals surface area contributed by atoms with Crippen molar-refractivity contribution in [3.63, 3.8) is 0 Å². The lowest BCUT2D eigenvalue weighted by molar-refractivity contribution is -0.122. The van der Waals surface area contributed by atoms with E-state index in [-0.39, 0.29) is 5.91 Å². The highest BCUT2D eigenvalue weighted by molar-refractivity contribution is 7.10. The second-order valence-electron chi connectivity index (χ2n) is 3.45. The zero-order valence-corrected chi connectivity index (χ0v) is 9.93. The Morgan fingerprint density at radius 1 is 1.62 bits per heavy atom. The van der Waals surface area contributed by atoms with E-state index in [4.69, 9.17) is 12.2 Å². The van der Waals surface area contributed by atoms with Crippen LogP contribution in [0.5, 0.6) is 0 Å². The number of rotatable bonds is 6. The second-order valence-corrected chi connectivity index (χ2v) is 4.42. The van der Waals surface area contributed by atoms with Crippen LogP contribution < -0.4 is 11.1 Å². The average molecular weight is 236 g/mol. The number of unbranched alkanes of at least 4 members (excludes halogenated alkanes) is 2. The standard InChI is InChI=1S/C12H16N2OS/c1-2-3-4-5-8-14-12(15)11(13)10-7-6-9-16-10/h1,6-7,9,11H,3-5,8,13H2,(H,14,15). The van der Waals surface area contributed by atoms with Gasteiger partial charge < -0.3 is 11.1 Å². The fraction of sp³-hybridized carbons (Fsp3) is 0.417. The first-order valence-corrected chi connectivity index (χ1v) is 6.14. The Kier molecular flexibility index (Phi) is 5.62. The molecule has 86 valence electrons. The van der Waals surface area contributed by atoms with E-state index in [1.54, 1.807) is 0 Å². The van der Waals surface area contributed by atoms with Crippen LogP contribution in [0.1, 0.15) is 30.2 Å². The molecule has 0 fully saturated rings. The summed E-state index contributed by atoms with van der Waals surface area (Å²) in [5, 5.41) is 4.72. The minimum atomic E-state index is -0.548. The van der Waals surface area contributed by atoms with E-state index in [2.05, 4.69) is 11.2 Å². The van der Waals surface area contributed by atoms with Crippen LogP contribution in [0.25, 0.3) is 0 Å². The summed E-state index contributed by atoms with van der Waals surface area (Å²) in [5.74, 6) is 2.44. The van der Waals surface area contributed by atoms with E-state index in [1.807, 2.05) is 17.5 Å². The molecule has 4 heteroatoms. The molecular weight excluding hydrogens is 220 g/mol. The summed E-state index contributed by atoms with van der Waals surface area (Å²) < 4.78 is 0. The highest BCUT2D eigenvalue weighted by Gasteiger charge is 2.15. The van der Waals surface area contributed by atoms with E-state index in [0.717, 1.165) is 24.1 Å². The minimum Gasteiger partial charge on any atom is -0.354 e. The van der Waals surface area contributed by atoms with Gasteiger partial charge in [-0.3, -0.25) is 4.79 Å². The molecule has 1 rings (SSSR count). The molecular formula is C12H16N2OS. The number of nitrogens with one attached hydrogen (secondary N) is 1. The number of carbonyl (C=O) groups is 1. The molecule has 16 heavy (non-hydrogen) atoms. The van der Waals surface area contributed by atoms with Gasteiger partial charge in [0.1, 0.15) is 6.04 Å².